The van der Waals surface area contributed by atoms with Gasteiger partial charge in [0, 0.05) is 24.8 Å². The van der Waals surface area contributed by atoms with Crippen LogP contribution in [-0.2, 0) is 4.79 Å². The zero-order chi connectivity index (χ0) is 26.1. The summed E-state index contributed by atoms with van der Waals surface area (Å²) in [6.07, 6.45) is 21.2. The van der Waals surface area contributed by atoms with Crippen LogP contribution in [0.3, 0.4) is 0 Å². The van der Waals surface area contributed by atoms with Gasteiger partial charge in [0.2, 0.25) is 0 Å². The van der Waals surface area contributed by atoms with Gasteiger partial charge in [-0.15, -0.1) is 0 Å². The predicted octanol–water partition coefficient (Wildman–Crippen LogP) is 7.46. The summed E-state index contributed by atoms with van der Waals surface area (Å²) in [5.74, 6) is 1.41. The van der Waals surface area contributed by atoms with E-state index in [4.69, 9.17) is 0 Å². The largest absolute Gasteiger partial charge is 0.323 e. The van der Waals surface area contributed by atoms with Crippen molar-refractivity contribution in [3.05, 3.63) is 107 Å². The summed E-state index contributed by atoms with van der Waals surface area (Å²) in [6.45, 7) is 4.30. The van der Waals surface area contributed by atoms with Gasteiger partial charge in [-0.25, -0.2) is 9.97 Å². The Kier molecular flexibility index (Phi) is 7.01. The normalized spacial score (nSPS) is 18.2. The van der Waals surface area contributed by atoms with Gasteiger partial charge in [0.1, 0.15) is 12.1 Å². The van der Waals surface area contributed by atoms with Crippen LogP contribution in [0.2, 0.25) is 0 Å². The molecular weight excluding hydrogens is 468 g/mol. The van der Waals surface area contributed by atoms with Gasteiger partial charge in [0.15, 0.2) is 5.78 Å². The molecule has 2 aromatic carbocycles. The molecular formula is C33H38N4O. The number of aromatic nitrogens is 4. The van der Waals surface area contributed by atoms with Crippen LogP contribution in [-0.4, -0.2) is 24.9 Å². The first kappa shape index (κ1) is 24.8. The Balaban J connectivity index is 1.41. The molecule has 0 saturated heterocycles. The quantitative estimate of drug-likeness (QED) is 0.249. The van der Waals surface area contributed by atoms with E-state index in [2.05, 4.69) is 60.2 Å². The molecule has 5 heteroatoms. The number of ketones is 1. The Hall–Kier alpha value is -3.47. The van der Waals surface area contributed by atoms with E-state index < -0.39 is 12.1 Å². The maximum Gasteiger partial charge on any atom is 0.187 e. The van der Waals surface area contributed by atoms with Crippen LogP contribution >= 0.6 is 0 Å². The molecule has 0 radical (unpaired) electrons. The van der Waals surface area contributed by atoms with E-state index in [-0.39, 0.29) is 5.78 Å². The van der Waals surface area contributed by atoms with Crippen LogP contribution in [0.15, 0.2) is 73.8 Å². The van der Waals surface area contributed by atoms with Crippen LogP contribution in [0.25, 0.3) is 0 Å². The molecule has 2 heterocycles. The first-order valence-corrected chi connectivity index (χ1v) is 14.3. The highest BCUT2D eigenvalue weighted by Gasteiger charge is 2.34. The number of carbonyl (C=O) groups excluding carboxylic acids is 1. The third kappa shape index (κ3) is 4.75. The van der Waals surface area contributed by atoms with Crippen molar-refractivity contribution in [1.82, 2.24) is 19.1 Å². The highest BCUT2D eigenvalue weighted by atomic mass is 16.1. The molecule has 4 aromatic rings. The van der Waals surface area contributed by atoms with Gasteiger partial charge >= 0.3 is 0 Å². The van der Waals surface area contributed by atoms with E-state index in [1.165, 1.54) is 73.6 Å². The lowest BCUT2D eigenvalue weighted by Gasteiger charge is -2.28. The van der Waals surface area contributed by atoms with Crippen LogP contribution in [0.5, 0.6) is 0 Å². The molecule has 0 spiro atoms. The lowest BCUT2D eigenvalue weighted by Crippen LogP contribution is -2.30. The Bertz CT molecular complexity index is 1270. The Morgan fingerprint density at radius 3 is 1.47 bits per heavy atom. The second-order valence-electron chi connectivity index (χ2n) is 11.4. The van der Waals surface area contributed by atoms with Crippen LogP contribution in [0.4, 0.5) is 0 Å². The standard InChI is InChI=1S/C33H38N4O/c1-23-19-27(25-7-3-4-8-25)11-13-29(23)31(36-17-15-34-21-36)33(38)32(37-18-16-35-22-37)30-14-12-28(20-24(30)2)26-9-5-6-10-26/h11-22,25-26,31-32H,3-10H2,1-2H3. The molecule has 0 aliphatic heterocycles. The Morgan fingerprint density at radius 2 is 1.13 bits per heavy atom. The van der Waals surface area contributed by atoms with Gasteiger partial charge in [-0.2, -0.15) is 0 Å². The third-order valence-corrected chi connectivity index (χ3v) is 9.02. The summed E-state index contributed by atoms with van der Waals surface area (Å²) in [5.41, 5.74) is 7.23. The van der Waals surface area contributed by atoms with Crippen molar-refractivity contribution in [2.45, 2.75) is 89.1 Å². The van der Waals surface area contributed by atoms with E-state index in [0.717, 1.165) is 11.1 Å². The fourth-order valence-corrected chi connectivity index (χ4v) is 6.95. The highest BCUT2D eigenvalue weighted by Crippen LogP contribution is 2.39. The number of nitrogens with zero attached hydrogens (tertiary/aromatic N) is 4. The maximum absolute atomic E-state index is 14.7. The third-order valence-electron chi connectivity index (χ3n) is 9.02. The molecule has 38 heavy (non-hydrogen) atoms. The van der Waals surface area contributed by atoms with Crippen molar-refractivity contribution in [2.75, 3.05) is 0 Å². The summed E-state index contributed by atoms with van der Waals surface area (Å²) in [4.78, 5) is 23.4. The monoisotopic (exact) mass is 506 g/mol. The van der Waals surface area contributed by atoms with E-state index in [9.17, 15) is 4.79 Å². The van der Waals surface area contributed by atoms with Crippen LogP contribution in [0.1, 0.15) is 109 Å². The van der Waals surface area contributed by atoms with Gasteiger partial charge in [-0.05, 0) is 84.7 Å². The zero-order valence-electron chi connectivity index (χ0n) is 22.6. The van der Waals surface area contributed by atoms with Gasteiger partial charge in [0.25, 0.3) is 0 Å². The topological polar surface area (TPSA) is 52.7 Å². The lowest BCUT2D eigenvalue weighted by molar-refractivity contribution is -0.123. The maximum atomic E-state index is 14.7. The minimum Gasteiger partial charge on any atom is -0.323 e. The van der Waals surface area contributed by atoms with Crippen molar-refractivity contribution in [1.29, 1.82) is 0 Å². The number of hydrogen-bond acceptors (Lipinski definition) is 3. The smallest absolute Gasteiger partial charge is 0.187 e. The highest BCUT2D eigenvalue weighted by molar-refractivity contribution is 5.92. The van der Waals surface area contributed by atoms with Crippen molar-refractivity contribution in [2.24, 2.45) is 0 Å². The van der Waals surface area contributed by atoms with E-state index >= 15 is 0 Å². The fourth-order valence-electron chi connectivity index (χ4n) is 6.95. The number of hydrogen-bond donors (Lipinski definition) is 0. The molecule has 5 nitrogen and oxygen atoms in total. The number of Topliss-reactive ketones (excluding diaryl/α,β-unsaturated/α-hetero) is 1. The predicted molar refractivity (Wildman–Crippen MR) is 151 cm³/mol. The minimum atomic E-state index is -0.476. The summed E-state index contributed by atoms with van der Waals surface area (Å²) in [7, 11) is 0. The van der Waals surface area contributed by atoms with E-state index in [0.29, 0.717) is 11.8 Å². The number of carbonyl (C=O) groups is 1. The van der Waals surface area contributed by atoms with E-state index in [1.807, 2.05) is 21.5 Å². The molecule has 2 aliphatic carbocycles. The van der Waals surface area contributed by atoms with Gasteiger partial charge in [0.05, 0.1) is 12.7 Å². The Labute approximate surface area is 226 Å². The molecule has 2 aliphatic rings. The lowest BCUT2D eigenvalue weighted by atomic mass is 9.86. The van der Waals surface area contributed by atoms with Crippen molar-refractivity contribution in [3.8, 4) is 0 Å². The first-order valence-electron chi connectivity index (χ1n) is 14.3. The molecule has 2 atom stereocenters. The van der Waals surface area contributed by atoms with Crippen LogP contribution < -0.4 is 0 Å². The molecule has 0 amide bonds. The summed E-state index contributed by atoms with van der Waals surface area (Å²) in [5, 5.41) is 0. The molecule has 6 rings (SSSR count). The van der Waals surface area contributed by atoms with Gasteiger partial charge < -0.3 is 9.13 Å². The van der Waals surface area contributed by atoms with E-state index in [1.54, 1.807) is 25.0 Å². The minimum absolute atomic E-state index is 0.120. The van der Waals surface area contributed by atoms with Crippen LogP contribution in [0, 0.1) is 13.8 Å². The number of rotatable bonds is 8. The summed E-state index contributed by atoms with van der Waals surface area (Å²) in [6, 6.07) is 12.6. The molecule has 0 bridgehead atoms. The number of aryl methyl sites for hydroxylation is 2. The van der Waals surface area contributed by atoms with Crippen molar-refractivity contribution < 1.29 is 4.79 Å². The Morgan fingerprint density at radius 1 is 0.711 bits per heavy atom. The second-order valence-corrected chi connectivity index (χ2v) is 11.4. The number of imidazole rings is 2. The fraction of sp³-hybridized carbons (Fsp3) is 0.424. The second kappa shape index (κ2) is 10.7. The van der Waals surface area contributed by atoms with Gasteiger partial charge in [-0.3, -0.25) is 4.79 Å². The SMILES string of the molecule is Cc1cc(C2CCCC2)ccc1C(C(=O)C(c1ccc(C2CCCC2)cc1C)n1ccnc1)n1ccnc1. The molecule has 2 saturated carbocycles. The molecule has 0 N–H and O–H groups in total. The van der Waals surface area contributed by atoms with Crippen molar-refractivity contribution >= 4 is 5.78 Å². The molecule has 2 unspecified atom stereocenters. The zero-order valence-corrected chi connectivity index (χ0v) is 22.6. The first-order chi connectivity index (χ1) is 18.6. The summed E-state index contributed by atoms with van der Waals surface area (Å²) >= 11 is 0. The molecule has 2 fully saturated rings. The number of benzene rings is 2. The van der Waals surface area contributed by atoms with Crippen molar-refractivity contribution in [3.63, 3.8) is 0 Å². The molecule has 196 valence electrons. The summed E-state index contributed by atoms with van der Waals surface area (Å²) < 4.78 is 3.93. The average Bonchev–Trinajstić information content (AvgIpc) is 3.75. The molecule has 2 aromatic heterocycles. The van der Waals surface area contributed by atoms with Gasteiger partial charge in [-0.1, -0.05) is 62.1 Å². The average molecular weight is 507 g/mol.